The van der Waals surface area contributed by atoms with Crippen LogP contribution in [0.25, 0.3) is 0 Å². The van der Waals surface area contributed by atoms with Gasteiger partial charge in [-0.25, -0.2) is 13.4 Å². The summed E-state index contributed by atoms with van der Waals surface area (Å²) < 4.78 is 26.9. The summed E-state index contributed by atoms with van der Waals surface area (Å²) in [5.74, 6) is -0.658. The van der Waals surface area contributed by atoms with Gasteiger partial charge in [0.1, 0.15) is 0 Å². The first-order valence-electron chi connectivity index (χ1n) is 9.93. The molecule has 2 fully saturated rings. The van der Waals surface area contributed by atoms with Crippen molar-refractivity contribution in [1.29, 1.82) is 0 Å². The van der Waals surface area contributed by atoms with E-state index >= 15 is 0 Å². The number of nitrogens with one attached hydrogen (secondary N) is 1. The maximum atomic E-state index is 12.8. The largest absolute Gasteiger partial charge is 0.336 e. The zero-order chi connectivity index (χ0) is 22.0. The number of hydrazine groups is 1. The second-order valence-electron chi connectivity index (χ2n) is 7.32. The van der Waals surface area contributed by atoms with Crippen molar-refractivity contribution in [2.45, 2.75) is 17.7 Å². The van der Waals surface area contributed by atoms with Gasteiger partial charge in [-0.05, 0) is 36.4 Å². The predicted octanol–water partition coefficient (Wildman–Crippen LogP) is 0.991. The van der Waals surface area contributed by atoms with E-state index in [1.165, 1.54) is 9.31 Å². The van der Waals surface area contributed by atoms with E-state index in [-0.39, 0.29) is 61.6 Å². The molecule has 3 amide bonds. The van der Waals surface area contributed by atoms with Crippen LogP contribution in [0, 0.1) is 0 Å². The van der Waals surface area contributed by atoms with Crippen LogP contribution in [0.1, 0.15) is 23.2 Å². The van der Waals surface area contributed by atoms with Crippen LogP contribution in [0.4, 0.5) is 5.69 Å². The molecule has 2 saturated heterocycles. The highest BCUT2D eigenvalue weighted by Gasteiger charge is 2.30. The van der Waals surface area contributed by atoms with Gasteiger partial charge in [-0.15, -0.1) is 0 Å². The van der Waals surface area contributed by atoms with Crippen molar-refractivity contribution in [3.63, 3.8) is 0 Å². The molecule has 0 radical (unpaired) electrons. The molecule has 0 aromatic heterocycles. The number of sulfonamides is 1. The highest BCUT2D eigenvalue weighted by molar-refractivity contribution is 7.89. The summed E-state index contributed by atoms with van der Waals surface area (Å²) in [6.07, 6.45) is 0.306. The molecule has 2 aromatic rings. The lowest BCUT2D eigenvalue weighted by molar-refractivity contribution is -0.130. The molecule has 9 nitrogen and oxygen atoms in total. The standard InChI is InChI=1S/C21H22N4O5S/c26-19-10-11-20(27)25(22-19)17-8-6-16(7-9-17)21(28)23-12-14-24(15-13-23)31(29,30)18-4-2-1-3-5-18/h1-9H,10-15H2,(H,22,26). The Morgan fingerprint density at radius 3 is 2.13 bits per heavy atom. The molecule has 162 valence electrons. The maximum absolute atomic E-state index is 12.8. The monoisotopic (exact) mass is 442 g/mol. The van der Waals surface area contributed by atoms with E-state index in [9.17, 15) is 22.8 Å². The normalized spacial score (nSPS) is 18.1. The first-order valence-corrected chi connectivity index (χ1v) is 11.4. The van der Waals surface area contributed by atoms with Gasteiger partial charge in [-0.3, -0.25) is 19.8 Å². The summed E-state index contributed by atoms with van der Waals surface area (Å²) in [6.45, 7) is 1.01. The zero-order valence-corrected chi connectivity index (χ0v) is 17.5. The van der Waals surface area contributed by atoms with Gasteiger partial charge < -0.3 is 4.90 Å². The molecule has 2 heterocycles. The van der Waals surface area contributed by atoms with E-state index in [4.69, 9.17) is 0 Å². The fourth-order valence-corrected chi connectivity index (χ4v) is 5.04. The van der Waals surface area contributed by atoms with E-state index in [2.05, 4.69) is 5.43 Å². The minimum absolute atomic E-state index is 0.142. The van der Waals surface area contributed by atoms with Crippen molar-refractivity contribution in [2.24, 2.45) is 0 Å². The topological polar surface area (TPSA) is 107 Å². The minimum Gasteiger partial charge on any atom is -0.336 e. The average molecular weight is 442 g/mol. The maximum Gasteiger partial charge on any atom is 0.253 e. The number of anilines is 1. The van der Waals surface area contributed by atoms with E-state index in [0.717, 1.165) is 0 Å². The Hall–Kier alpha value is -3.24. The number of benzene rings is 2. The van der Waals surface area contributed by atoms with Crippen LogP contribution in [0.2, 0.25) is 0 Å². The molecule has 0 spiro atoms. The predicted molar refractivity (Wildman–Crippen MR) is 112 cm³/mol. The van der Waals surface area contributed by atoms with Crippen molar-refractivity contribution < 1.29 is 22.8 Å². The van der Waals surface area contributed by atoms with Crippen LogP contribution in [0.3, 0.4) is 0 Å². The highest BCUT2D eigenvalue weighted by atomic mass is 32.2. The van der Waals surface area contributed by atoms with Gasteiger partial charge in [0.05, 0.1) is 10.6 Å². The SMILES string of the molecule is O=C1CCC(=O)N(c2ccc(C(=O)N3CCN(S(=O)(=O)c4ccccc4)CC3)cc2)N1. The molecule has 31 heavy (non-hydrogen) atoms. The van der Waals surface area contributed by atoms with Gasteiger partial charge >= 0.3 is 0 Å². The first-order chi connectivity index (χ1) is 14.9. The smallest absolute Gasteiger partial charge is 0.253 e. The second kappa shape index (κ2) is 8.48. The lowest BCUT2D eigenvalue weighted by Crippen LogP contribution is -2.51. The summed E-state index contributed by atoms with van der Waals surface area (Å²) in [5, 5.41) is 1.19. The molecular weight excluding hydrogens is 420 g/mol. The Morgan fingerprint density at radius 1 is 0.839 bits per heavy atom. The van der Waals surface area contributed by atoms with Crippen LogP contribution in [0.5, 0.6) is 0 Å². The Kier molecular flexibility index (Phi) is 5.75. The molecule has 0 aliphatic carbocycles. The number of carbonyl (C=O) groups is 3. The third-order valence-corrected chi connectivity index (χ3v) is 7.24. The molecule has 2 aliphatic rings. The molecule has 2 aliphatic heterocycles. The van der Waals surface area contributed by atoms with Crippen LogP contribution in [-0.2, 0) is 19.6 Å². The molecular formula is C21H22N4O5S. The minimum atomic E-state index is -3.58. The van der Waals surface area contributed by atoms with Crippen LogP contribution >= 0.6 is 0 Å². The number of hydrogen-bond acceptors (Lipinski definition) is 5. The number of nitrogens with zero attached hydrogens (tertiary/aromatic N) is 3. The molecule has 0 unspecified atom stereocenters. The molecule has 4 rings (SSSR count). The van der Waals surface area contributed by atoms with Crippen molar-refractivity contribution in [2.75, 3.05) is 31.2 Å². The van der Waals surface area contributed by atoms with Crippen molar-refractivity contribution in [3.05, 3.63) is 60.2 Å². The molecule has 0 saturated carbocycles. The Bertz CT molecular complexity index is 1090. The Labute approximate surface area is 180 Å². The Morgan fingerprint density at radius 2 is 1.48 bits per heavy atom. The summed E-state index contributed by atoms with van der Waals surface area (Å²) >= 11 is 0. The van der Waals surface area contributed by atoms with Crippen molar-refractivity contribution in [3.8, 4) is 0 Å². The number of carbonyl (C=O) groups excluding carboxylic acids is 3. The van der Waals surface area contributed by atoms with Gasteiger partial charge in [-0.1, -0.05) is 18.2 Å². The number of amides is 3. The van der Waals surface area contributed by atoms with Gasteiger partial charge in [0, 0.05) is 44.6 Å². The molecule has 10 heteroatoms. The summed E-state index contributed by atoms with van der Waals surface area (Å²) in [7, 11) is -3.58. The number of hydrogen-bond donors (Lipinski definition) is 1. The second-order valence-corrected chi connectivity index (χ2v) is 9.26. The van der Waals surface area contributed by atoms with Crippen LogP contribution < -0.4 is 10.4 Å². The highest BCUT2D eigenvalue weighted by Crippen LogP contribution is 2.21. The van der Waals surface area contributed by atoms with E-state index in [0.29, 0.717) is 11.3 Å². The van der Waals surface area contributed by atoms with E-state index in [1.807, 2.05) is 0 Å². The average Bonchev–Trinajstić information content (AvgIpc) is 2.81. The van der Waals surface area contributed by atoms with Gasteiger partial charge in [0.2, 0.25) is 21.8 Å². The quantitative estimate of drug-likeness (QED) is 0.760. The zero-order valence-electron chi connectivity index (χ0n) is 16.7. The fraction of sp³-hybridized carbons (Fsp3) is 0.286. The van der Waals surface area contributed by atoms with Gasteiger partial charge in [0.15, 0.2) is 0 Å². The number of piperazine rings is 1. The molecule has 2 aromatic carbocycles. The lowest BCUT2D eigenvalue weighted by Gasteiger charge is -2.34. The third-order valence-electron chi connectivity index (χ3n) is 5.33. The van der Waals surface area contributed by atoms with E-state index < -0.39 is 10.0 Å². The summed E-state index contributed by atoms with van der Waals surface area (Å²) in [4.78, 5) is 38.2. The third kappa shape index (κ3) is 4.30. The van der Waals surface area contributed by atoms with Gasteiger partial charge in [0.25, 0.3) is 5.91 Å². The van der Waals surface area contributed by atoms with Crippen LogP contribution in [-0.4, -0.2) is 61.5 Å². The summed E-state index contributed by atoms with van der Waals surface area (Å²) in [5.41, 5.74) is 3.42. The molecule has 0 atom stereocenters. The van der Waals surface area contributed by atoms with Crippen LogP contribution in [0.15, 0.2) is 59.5 Å². The van der Waals surface area contributed by atoms with Crippen molar-refractivity contribution >= 4 is 33.4 Å². The number of rotatable bonds is 4. The van der Waals surface area contributed by atoms with E-state index in [1.54, 1.807) is 59.5 Å². The molecule has 1 N–H and O–H groups in total. The molecule has 0 bridgehead atoms. The fourth-order valence-electron chi connectivity index (χ4n) is 3.59. The lowest BCUT2D eigenvalue weighted by atomic mass is 10.1. The summed E-state index contributed by atoms with van der Waals surface area (Å²) in [6, 6.07) is 14.6. The van der Waals surface area contributed by atoms with Gasteiger partial charge in [-0.2, -0.15) is 4.31 Å². The van der Waals surface area contributed by atoms with Crippen molar-refractivity contribution in [1.82, 2.24) is 14.6 Å². The Balaban J connectivity index is 1.40. The first kappa shape index (κ1) is 21.0.